The quantitative estimate of drug-likeness (QED) is 0.823. The molecule has 1 aromatic heterocycles. The number of hydrogen-bond acceptors (Lipinski definition) is 3. The van der Waals surface area contributed by atoms with Gasteiger partial charge in [0.15, 0.2) is 5.82 Å². The van der Waals surface area contributed by atoms with Crippen LogP contribution < -0.4 is 5.73 Å². The molecule has 4 heteroatoms. The van der Waals surface area contributed by atoms with Gasteiger partial charge in [0.05, 0.1) is 0 Å². The summed E-state index contributed by atoms with van der Waals surface area (Å²) in [5.74, 6) is 2.32. The third-order valence-electron chi connectivity index (χ3n) is 2.51. The fraction of sp³-hybridized carbons (Fsp3) is 0.818. The molecule has 0 amide bonds. The van der Waals surface area contributed by atoms with Gasteiger partial charge < -0.3 is 5.73 Å². The zero-order chi connectivity index (χ0) is 11.6. The molecule has 4 nitrogen and oxygen atoms in total. The van der Waals surface area contributed by atoms with Crippen LogP contribution >= 0.6 is 0 Å². The molecule has 1 rings (SSSR count). The Morgan fingerprint density at radius 1 is 1.40 bits per heavy atom. The van der Waals surface area contributed by atoms with E-state index in [-0.39, 0.29) is 5.41 Å². The van der Waals surface area contributed by atoms with Crippen molar-refractivity contribution in [3.05, 3.63) is 11.6 Å². The SMILES string of the molecule is CC(CCN)c1nc(C(C)(C)C)nn1C. The summed E-state index contributed by atoms with van der Waals surface area (Å²) >= 11 is 0. The van der Waals surface area contributed by atoms with Crippen LogP contribution in [-0.2, 0) is 12.5 Å². The summed E-state index contributed by atoms with van der Waals surface area (Å²) in [4.78, 5) is 4.60. The van der Waals surface area contributed by atoms with E-state index in [0.717, 1.165) is 18.1 Å². The Morgan fingerprint density at radius 2 is 2.00 bits per heavy atom. The van der Waals surface area contributed by atoms with Gasteiger partial charge in [-0.15, -0.1) is 0 Å². The van der Waals surface area contributed by atoms with E-state index in [1.165, 1.54) is 0 Å². The Hall–Kier alpha value is -0.900. The highest BCUT2D eigenvalue weighted by Gasteiger charge is 2.22. The Morgan fingerprint density at radius 3 is 2.40 bits per heavy atom. The molecule has 0 saturated heterocycles. The van der Waals surface area contributed by atoms with Crippen molar-refractivity contribution in [2.75, 3.05) is 6.54 Å². The molecule has 0 radical (unpaired) electrons. The lowest BCUT2D eigenvalue weighted by Gasteiger charge is -2.12. The fourth-order valence-electron chi connectivity index (χ4n) is 1.52. The van der Waals surface area contributed by atoms with Crippen LogP contribution in [0.25, 0.3) is 0 Å². The van der Waals surface area contributed by atoms with E-state index in [9.17, 15) is 0 Å². The van der Waals surface area contributed by atoms with Crippen LogP contribution in [0.2, 0.25) is 0 Å². The van der Waals surface area contributed by atoms with Crippen molar-refractivity contribution in [3.63, 3.8) is 0 Å². The van der Waals surface area contributed by atoms with Crippen LogP contribution in [0, 0.1) is 0 Å². The van der Waals surface area contributed by atoms with Crippen LogP contribution in [0.3, 0.4) is 0 Å². The maximum Gasteiger partial charge on any atom is 0.156 e. The number of aryl methyl sites for hydroxylation is 1. The molecule has 1 atom stereocenters. The van der Waals surface area contributed by atoms with E-state index in [0.29, 0.717) is 12.5 Å². The van der Waals surface area contributed by atoms with Crippen molar-refractivity contribution in [3.8, 4) is 0 Å². The Kier molecular flexibility index (Phi) is 3.50. The van der Waals surface area contributed by atoms with E-state index in [1.807, 2.05) is 11.7 Å². The Labute approximate surface area is 91.9 Å². The third-order valence-corrected chi connectivity index (χ3v) is 2.51. The number of aromatic nitrogens is 3. The highest BCUT2D eigenvalue weighted by molar-refractivity contribution is 5.06. The molecule has 15 heavy (non-hydrogen) atoms. The molecular weight excluding hydrogens is 188 g/mol. The van der Waals surface area contributed by atoms with Crippen molar-refractivity contribution in [2.24, 2.45) is 12.8 Å². The molecule has 1 unspecified atom stereocenters. The molecule has 0 bridgehead atoms. The zero-order valence-electron chi connectivity index (χ0n) is 10.4. The van der Waals surface area contributed by atoms with Crippen molar-refractivity contribution < 1.29 is 0 Å². The van der Waals surface area contributed by atoms with Crippen LogP contribution in [-0.4, -0.2) is 21.3 Å². The third kappa shape index (κ3) is 2.78. The van der Waals surface area contributed by atoms with Crippen LogP contribution in [0.4, 0.5) is 0 Å². The second-order valence-corrected chi connectivity index (χ2v) is 5.15. The molecule has 86 valence electrons. The van der Waals surface area contributed by atoms with Gasteiger partial charge in [-0.25, -0.2) is 4.98 Å². The van der Waals surface area contributed by atoms with Crippen molar-refractivity contribution >= 4 is 0 Å². The molecule has 0 saturated carbocycles. The molecule has 0 aliphatic carbocycles. The van der Waals surface area contributed by atoms with Gasteiger partial charge in [-0.05, 0) is 13.0 Å². The first-order valence-electron chi connectivity index (χ1n) is 5.47. The van der Waals surface area contributed by atoms with Crippen LogP contribution in [0.15, 0.2) is 0 Å². The number of nitrogens with zero attached hydrogens (tertiary/aromatic N) is 3. The second kappa shape index (κ2) is 4.31. The molecule has 0 aromatic carbocycles. The largest absolute Gasteiger partial charge is 0.330 e. The summed E-state index contributed by atoms with van der Waals surface area (Å²) in [6.45, 7) is 9.21. The van der Waals surface area contributed by atoms with E-state index in [1.54, 1.807) is 0 Å². The molecule has 0 spiro atoms. The van der Waals surface area contributed by atoms with Crippen molar-refractivity contribution in [1.82, 2.24) is 14.8 Å². The van der Waals surface area contributed by atoms with Gasteiger partial charge in [0, 0.05) is 18.4 Å². The van der Waals surface area contributed by atoms with Crippen molar-refractivity contribution in [1.29, 1.82) is 0 Å². The number of rotatable bonds is 3. The minimum atomic E-state index is 0.0123. The molecule has 0 aliphatic heterocycles. The lowest BCUT2D eigenvalue weighted by atomic mass is 9.96. The Balaban J connectivity index is 2.96. The first-order chi connectivity index (χ1) is 6.86. The highest BCUT2D eigenvalue weighted by atomic mass is 15.3. The average molecular weight is 210 g/mol. The first-order valence-corrected chi connectivity index (χ1v) is 5.47. The molecule has 0 fully saturated rings. The summed E-state index contributed by atoms with van der Waals surface area (Å²) in [5.41, 5.74) is 5.56. The standard InChI is InChI=1S/C11H22N4/c1-8(6-7-12)9-13-10(11(2,3)4)14-15(9)5/h8H,6-7,12H2,1-5H3. The summed E-state index contributed by atoms with van der Waals surface area (Å²) in [6.07, 6.45) is 0.954. The molecule has 2 N–H and O–H groups in total. The van der Waals surface area contributed by atoms with Gasteiger partial charge in [0.25, 0.3) is 0 Å². The van der Waals surface area contributed by atoms with Gasteiger partial charge in [0.1, 0.15) is 5.82 Å². The molecule has 1 aromatic rings. The monoisotopic (exact) mass is 210 g/mol. The maximum absolute atomic E-state index is 5.55. The summed E-state index contributed by atoms with van der Waals surface area (Å²) in [7, 11) is 1.95. The topological polar surface area (TPSA) is 56.7 Å². The van der Waals surface area contributed by atoms with Gasteiger partial charge in [0.2, 0.25) is 0 Å². The zero-order valence-corrected chi connectivity index (χ0v) is 10.4. The molecule has 1 heterocycles. The van der Waals surface area contributed by atoms with Crippen molar-refractivity contribution in [2.45, 2.75) is 45.4 Å². The molecular formula is C11H22N4. The molecule has 0 aliphatic rings. The number of nitrogens with two attached hydrogens (primary N) is 1. The maximum atomic E-state index is 5.55. The predicted octanol–water partition coefficient (Wildman–Crippen LogP) is 1.56. The number of hydrogen-bond donors (Lipinski definition) is 1. The highest BCUT2D eigenvalue weighted by Crippen LogP contribution is 2.22. The van der Waals surface area contributed by atoms with Gasteiger partial charge in [-0.1, -0.05) is 27.7 Å². The van der Waals surface area contributed by atoms with Gasteiger partial charge in [-0.3, -0.25) is 4.68 Å². The average Bonchev–Trinajstić information content (AvgIpc) is 2.47. The summed E-state index contributed by atoms with van der Waals surface area (Å²) < 4.78 is 1.88. The normalized spacial score (nSPS) is 14.3. The summed E-state index contributed by atoms with van der Waals surface area (Å²) in [5, 5.41) is 4.45. The second-order valence-electron chi connectivity index (χ2n) is 5.15. The van der Waals surface area contributed by atoms with E-state index >= 15 is 0 Å². The van der Waals surface area contributed by atoms with Crippen LogP contribution in [0.5, 0.6) is 0 Å². The Bertz CT molecular complexity index is 322. The van der Waals surface area contributed by atoms with Gasteiger partial charge in [-0.2, -0.15) is 5.10 Å². The lowest BCUT2D eigenvalue weighted by Crippen LogP contribution is -2.13. The minimum Gasteiger partial charge on any atom is -0.330 e. The van der Waals surface area contributed by atoms with Gasteiger partial charge >= 0.3 is 0 Å². The first kappa shape index (κ1) is 12.2. The fourth-order valence-corrected chi connectivity index (χ4v) is 1.52. The minimum absolute atomic E-state index is 0.0123. The van der Waals surface area contributed by atoms with E-state index in [2.05, 4.69) is 37.8 Å². The van der Waals surface area contributed by atoms with Crippen LogP contribution in [0.1, 0.15) is 51.7 Å². The van der Waals surface area contributed by atoms with E-state index in [4.69, 9.17) is 5.73 Å². The van der Waals surface area contributed by atoms with E-state index < -0.39 is 0 Å². The smallest absolute Gasteiger partial charge is 0.156 e. The predicted molar refractivity (Wildman–Crippen MR) is 61.8 cm³/mol. The summed E-state index contributed by atoms with van der Waals surface area (Å²) in [6, 6.07) is 0. The lowest BCUT2D eigenvalue weighted by molar-refractivity contribution is 0.538.